The molecule has 0 saturated carbocycles. The molecule has 2 aromatic carbocycles. The molecule has 0 atom stereocenters. The fraction of sp³-hybridized carbons (Fsp3) is 0. The molecule has 92 valence electrons. The number of thiazole rings is 1. The van der Waals surface area contributed by atoms with Gasteiger partial charge in [-0.15, -0.1) is 0 Å². The van der Waals surface area contributed by atoms with Gasteiger partial charge in [-0.25, -0.2) is 4.98 Å². The van der Waals surface area contributed by atoms with Crippen molar-refractivity contribution < 1.29 is 4.74 Å². The van der Waals surface area contributed by atoms with E-state index in [9.17, 15) is 0 Å². The highest BCUT2D eigenvalue weighted by molar-refractivity contribution is 7.78. The number of hydrogen-bond acceptors (Lipinski definition) is 5. The van der Waals surface area contributed by atoms with Crippen molar-refractivity contribution in [3.8, 4) is 10.9 Å². The van der Waals surface area contributed by atoms with Gasteiger partial charge in [-0.1, -0.05) is 23.5 Å². The van der Waals surface area contributed by atoms with Crippen molar-refractivity contribution in [3.05, 3.63) is 48.5 Å². The van der Waals surface area contributed by atoms with Crippen LogP contribution in [-0.4, -0.2) is 10.1 Å². The number of aliphatic imine (C=N–C) groups is 1. The Hall–Kier alpha value is -2.07. The van der Waals surface area contributed by atoms with Gasteiger partial charge in [0.1, 0.15) is 5.75 Å². The molecule has 0 saturated heterocycles. The number of para-hydroxylation sites is 1. The van der Waals surface area contributed by atoms with Crippen LogP contribution in [0.3, 0.4) is 0 Å². The lowest BCUT2D eigenvalue weighted by atomic mass is 10.3. The van der Waals surface area contributed by atoms with E-state index in [1.54, 1.807) is 0 Å². The first-order valence-electron chi connectivity index (χ1n) is 5.56. The SMILES string of the molecule is S=C=Nc1ccc(Oc2nc3ccccc3s2)cc1. The molecule has 0 bridgehead atoms. The smallest absolute Gasteiger partial charge is 0.279 e. The minimum Gasteiger partial charge on any atom is -0.431 e. The summed E-state index contributed by atoms with van der Waals surface area (Å²) in [6, 6.07) is 15.2. The molecule has 5 heteroatoms. The molecule has 0 N–H and O–H groups in total. The molecule has 19 heavy (non-hydrogen) atoms. The maximum atomic E-state index is 5.72. The molecule has 1 heterocycles. The molecular formula is C14H8N2OS2. The highest BCUT2D eigenvalue weighted by atomic mass is 32.1. The monoisotopic (exact) mass is 284 g/mol. The predicted octanol–water partition coefficient (Wildman–Crippen LogP) is 4.82. The van der Waals surface area contributed by atoms with Crippen LogP contribution >= 0.6 is 23.6 Å². The highest BCUT2D eigenvalue weighted by Gasteiger charge is 2.05. The van der Waals surface area contributed by atoms with Crippen LogP contribution in [0.4, 0.5) is 5.69 Å². The summed E-state index contributed by atoms with van der Waals surface area (Å²) in [4.78, 5) is 8.30. The number of aromatic nitrogens is 1. The average Bonchev–Trinajstić information content (AvgIpc) is 2.83. The van der Waals surface area contributed by atoms with Gasteiger partial charge in [-0.3, -0.25) is 0 Å². The Morgan fingerprint density at radius 2 is 1.89 bits per heavy atom. The summed E-state index contributed by atoms with van der Waals surface area (Å²) in [6.07, 6.45) is 0. The van der Waals surface area contributed by atoms with Crippen LogP contribution in [0.1, 0.15) is 0 Å². The highest BCUT2D eigenvalue weighted by Crippen LogP contribution is 2.31. The van der Waals surface area contributed by atoms with Crippen molar-refractivity contribution in [3.63, 3.8) is 0 Å². The maximum Gasteiger partial charge on any atom is 0.279 e. The summed E-state index contributed by atoms with van der Waals surface area (Å²) in [6.45, 7) is 0. The third-order valence-electron chi connectivity index (χ3n) is 2.49. The average molecular weight is 284 g/mol. The summed E-state index contributed by atoms with van der Waals surface area (Å²) in [5, 5.41) is 2.96. The number of nitrogens with zero attached hydrogens (tertiary/aromatic N) is 2. The lowest BCUT2D eigenvalue weighted by molar-refractivity contribution is 0.480. The molecule has 0 unspecified atom stereocenters. The van der Waals surface area contributed by atoms with Crippen molar-refractivity contribution >= 4 is 44.6 Å². The third kappa shape index (κ3) is 2.69. The molecule has 3 aromatic rings. The standard InChI is InChI=1S/C14H8N2OS2/c18-9-15-10-5-7-11(8-6-10)17-14-16-12-3-1-2-4-13(12)19-14/h1-8H. The van der Waals surface area contributed by atoms with Gasteiger partial charge in [-0.05, 0) is 48.6 Å². The molecule has 0 aliphatic rings. The first kappa shape index (κ1) is 12.0. The van der Waals surface area contributed by atoms with E-state index in [4.69, 9.17) is 4.74 Å². The number of thiocarbonyl (C=S) groups is 1. The molecule has 0 radical (unpaired) electrons. The zero-order valence-corrected chi connectivity index (χ0v) is 11.4. The number of rotatable bonds is 3. The van der Waals surface area contributed by atoms with Crippen LogP contribution < -0.4 is 4.74 Å². The lowest BCUT2D eigenvalue weighted by Gasteiger charge is -2.00. The lowest BCUT2D eigenvalue weighted by Crippen LogP contribution is -1.81. The maximum absolute atomic E-state index is 5.72. The first-order chi connectivity index (χ1) is 9.35. The predicted molar refractivity (Wildman–Crippen MR) is 80.8 cm³/mol. The van der Waals surface area contributed by atoms with E-state index in [-0.39, 0.29) is 0 Å². The van der Waals surface area contributed by atoms with Crippen LogP contribution in [0.2, 0.25) is 0 Å². The Balaban J connectivity index is 1.85. The van der Waals surface area contributed by atoms with Crippen molar-refractivity contribution in [1.82, 2.24) is 4.98 Å². The van der Waals surface area contributed by atoms with Crippen molar-refractivity contribution in [2.75, 3.05) is 0 Å². The van der Waals surface area contributed by atoms with Crippen molar-refractivity contribution in [2.24, 2.45) is 4.99 Å². The Kier molecular flexibility index (Phi) is 3.33. The minimum atomic E-state index is 0.632. The Morgan fingerprint density at radius 3 is 2.63 bits per heavy atom. The number of fused-ring (bicyclic) bond motifs is 1. The largest absolute Gasteiger partial charge is 0.431 e. The number of hydrogen-bond donors (Lipinski definition) is 0. The van der Waals surface area contributed by atoms with E-state index in [0.717, 1.165) is 21.7 Å². The van der Waals surface area contributed by atoms with Gasteiger partial charge in [0, 0.05) is 0 Å². The summed E-state index contributed by atoms with van der Waals surface area (Å²) < 4.78 is 6.83. The number of ether oxygens (including phenoxy) is 1. The van der Waals surface area contributed by atoms with Crippen LogP contribution in [0.5, 0.6) is 10.9 Å². The van der Waals surface area contributed by atoms with Crippen molar-refractivity contribution in [2.45, 2.75) is 0 Å². The third-order valence-corrected chi connectivity index (χ3v) is 3.50. The topological polar surface area (TPSA) is 34.5 Å². The van der Waals surface area contributed by atoms with Gasteiger partial charge >= 0.3 is 0 Å². The second-order valence-electron chi connectivity index (χ2n) is 3.75. The second kappa shape index (κ2) is 5.28. The minimum absolute atomic E-state index is 0.632. The molecular weight excluding hydrogens is 276 g/mol. The van der Waals surface area contributed by atoms with E-state index >= 15 is 0 Å². The Morgan fingerprint density at radius 1 is 1.11 bits per heavy atom. The molecule has 0 fully saturated rings. The molecule has 0 spiro atoms. The van der Waals surface area contributed by atoms with Crippen LogP contribution in [0.25, 0.3) is 10.2 Å². The van der Waals surface area contributed by atoms with E-state index in [1.165, 1.54) is 11.3 Å². The fourth-order valence-corrected chi connectivity index (χ4v) is 2.58. The molecule has 0 aliphatic carbocycles. The van der Waals surface area contributed by atoms with E-state index in [1.807, 2.05) is 48.5 Å². The van der Waals surface area contributed by atoms with Gasteiger partial charge < -0.3 is 4.74 Å². The van der Waals surface area contributed by atoms with E-state index < -0.39 is 0 Å². The molecule has 3 rings (SSSR count). The summed E-state index contributed by atoms with van der Waals surface area (Å²) in [5.74, 6) is 0.724. The van der Waals surface area contributed by atoms with Crippen molar-refractivity contribution in [1.29, 1.82) is 0 Å². The zero-order valence-electron chi connectivity index (χ0n) is 9.74. The number of benzene rings is 2. The van der Waals surface area contributed by atoms with Crippen LogP contribution in [0, 0.1) is 0 Å². The second-order valence-corrected chi connectivity index (χ2v) is 4.92. The quantitative estimate of drug-likeness (QED) is 0.510. The Labute approximate surface area is 119 Å². The fourth-order valence-electron chi connectivity index (χ4n) is 1.64. The summed E-state index contributed by atoms with van der Waals surface area (Å²) in [5.41, 5.74) is 1.70. The van der Waals surface area contributed by atoms with Gasteiger partial charge in [-0.2, -0.15) is 4.99 Å². The number of isothiocyanates is 1. The molecule has 0 aliphatic heterocycles. The summed E-state index contributed by atoms with van der Waals surface area (Å²) >= 11 is 6.07. The molecule has 1 aromatic heterocycles. The van der Waals surface area contributed by atoms with Gasteiger partial charge in [0.2, 0.25) is 0 Å². The van der Waals surface area contributed by atoms with Gasteiger partial charge in [0.05, 0.1) is 21.1 Å². The van der Waals surface area contributed by atoms with Gasteiger partial charge in [0.25, 0.3) is 5.19 Å². The van der Waals surface area contributed by atoms with E-state index in [0.29, 0.717) is 5.19 Å². The van der Waals surface area contributed by atoms with Gasteiger partial charge in [0.15, 0.2) is 0 Å². The van der Waals surface area contributed by atoms with Crippen LogP contribution in [0.15, 0.2) is 53.5 Å². The first-order valence-corrected chi connectivity index (χ1v) is 6.79. The Bertz CT molecular complexity index is 725. The zero-order chi connectivity index (χ0) is 13.1. The summed E-state index contributed by atoms with van der Waals surface area (Å²) in [7, 11) is 0. The van der Waals surface area contributed by atoms with E-state index in [2.05, 4.69) is 27.4 Å². The molecule has 3 nitrogen and oxygen atoms in total. The molecule has 0 amide bonds. The van der Waals surface area contributed by atoms with Crippen LogP contribution in [-0.2, 0) is 0 Å². The normalized spacial score (nSPS) is 10.1.